The molecule has 1 aliphatic carbocycles. The summed E-state index contributed by atoms with van der Waals surface area (Å²) in [7, 11) is 0. The summed E-state index contributed by atoms with van der Waals surface area (Å²) in [6, 6.07) is 0.0259. The van der Waals surface area contributed by atoms with Gasteiger partial charge in [0.2, 0.25) is 5.91 Å². The van der Waals surface area contributed by atoms with E-state index in [-0.39, 0.29) is 24.0 Å². The highest BCUT2D eigenvalue weighted by Gasteiger charge is 2.32. The predicted octanol–water partition coefficient (Wildman–Crippen LogP) is 2.07. The molecule has 3 unspecified atom stereocenters. The van der Waals surface area contributed by atoms with Gasteiger partial charge in [0, 0.05) is 19.2 Å². The van der Waals surface area contributed by atoms with E-state index in [0.717, 1.165) is 45.3 Å². The van der Waals surface area contributed by atoms with Crippen LogP contribution in [0, 0.1) is 11.8 Å². The summed E-state index contributed by atoms with van der Waals surface area (Å²) in [6.45, 7) is 7.72. The molecule has 0 radical (unpaired) electrons. The molecule has 0 aromatic carbocycles. The molecule has 3 atom stereocenters. The Bertz CT molecular complexity index is 269. The number of nitrogens with one attached hydrogen (secondary N) is 1. The second-order valence-corrected chi connectivity index (χ2v) is 6.01. The van der Waals surface area contributed by atoms with Crippen LogP contribution in [0.2, 0.25) is 0 Å². The van der Waals surface area contributed by atoms with Crippen LogP contribution in [0.1, 0.15) is 52.9 Å². The van der Waals surface area contributed by atoms with Gasteiger partial charge in [0.05, 0.1) is 12.0 Å². The molecule has 0 aromatic heterocycles. The second kappa shape index (κ2) is 8.54. The second-order valence-electron chi connectivity index (χ2n) is 6.01. The molecule has 0 bridgehead atoms. The van der Waals surface area contributed by atoms with Crippen LogP contribution >= 0.6 is 0 Å². The van der Waals surface area contributed by atoms with Crippen molar-refractivity contribution < 1.29 is 9.53 Å². The molecule has 1 saturated carbocycles. The number of ether oxygens (including phenoxy) is 1. The maximum atomic E-state index is 12.1. The SMILES string of the molecule is CC(C)OCCCCNC(=O)C1CCCC(C)C1N. The molecule has 4 heteroatoms. The normalized spacial score (nSPS) is 27.5. The van der Waals surface area contributed by atoms with Crippen LogP contribution in [-0.4, -0.2) is 31.2 Å². The first-order chi connectivity index (χ1) is 9.02. The lowest BCUT2D eigenvalue weighted by molar-refractivity contribution is -0.127. The molecule has 112 valence electrons. The number of rotatable bonds is 7. The Balaban J connectivity index is 2.13. The van der Waals surface area contributed by atoms with E-state index < -0.39 is 0 Å². The van der Waals surface area contributed by atoms with Gasteiger partial charge in [-0.3, -0.25) is 4.79 Å². The number of hydrogen-bond acceptors (Lipinski definition) is 3. The smallest absolute Gasteiger partial charge is 0.224 e. The summed E-state index contributed by atoms with van der Waals surface area (Å²) in [5.41, 5.74) is 6.13. The van der Waals surface area contributed by atoms with Crippen molar-refractivity contribution in [1.82, 2.24) is 5.32 Å². The molecule has 19 heavy (non-hydrogen) atoms. The summed E-state index contributed by atoms with van der Waals surface area (Å²) in [5, 5.41) is 3.02. The Kier molecular flexibility index (Phi) is 7.39. The molecule has 0 aliphatic heterocycles. The monoisotopic (exact) mass is 270 g/mol. The van der Waals surface area contributed by atoms with Gasteiger partial charge in [0.1, 0.15) is 0 Å². The fourth-order valence-corrected chi connectivity index (χ4v) is 2.64. The van der Waals surface area contributed by atoms with E-state index in [2.05, 4.69) is 12.2 Å². The zero-order chi connectivity index (χ0) is 14.3. The molecule has 4 nitrogen and oxygen atoms in total. The number of hydrogen-bond donors (Lipinski definition) is 2. The Hall–Kier alpha value is -0.610. The van der Waals surface area contributed by atoms with Crippen molar-refractivity contribution in [2.45, 2.75) is 65.0 Å². The third-order valence-corrected chi connectivity index (χ3v) is 3.95. The lowest BCUT2D eigenvalue weighted by Crippen LogP contribution is -2.47. The number of amides is 1. The molecule has 3 N–H and O–H groups in total. The number of carbonyl (C=O) groups is 1. The third-order valence-electron chi connectivity index (χ3n) is 3.95. The maximum Gasteiger partial charge on any atom is 0.224 e. The van der Waals surface area contributed by atoms with Crippen LogP contribution < -0.4 is 11.1 Å². The van der Waals surface area contributed by atoms with Crippen LogP contribution in [-0.2, 0) is 9.53 Å². The average Bonchev–Trinajstić information content (AvgIpc) is 2.36. The maximum absolute atomic E-state index is 12.1. The quantitative estimate of drug-likeness (QED) is 0.696. The van der Waals surface area contributed by atoms with E-state index in [1.165, 1.54) is 0 Å². The highest BCUT2D eigenvalue weighted by Crippen LogP contribution is 2.27. The van der Waals surface area contributed by atoms with Gasteiger partial charge in [-0.15, -0.1) is 0 Å². The van der Waals surface area contributed by atoms with Crippen molar-refractivity contribution in [3.05, 3.63) is 0 Å². The van der Waals surface area contributed by atoms with Gasteiger partial charge in [-0.1, -0.05) is 13.3 Å². The van der Waals surface area contributed by atoms with E-state index in [9.17, 15) is 4.79 Å². The van der Waals surface area contributed by atoms with Gasteiger partial charge >= 0.3 is 0 Å². The van der Waals surface area contributed by atoms with Crippen LogP contribution in [0.5, 0.6) is 0 Å². The van der Waals surface area contributed by atoms with Crippen LogP contribution in [0.15, 0.2) is 0 Å². The number of unbranched alkanes of at least 4 members (excludes halogenated alkanes) is 1. The molecule has 1 aliphatic rings. The highest BCUT2D eigenvalue weighted by molar-refractivity contribution is 5.79. The van der Waals surface area contributed by atoms with Crippen molar-refractivity contribution in [3.8, 4) is 0 Å². The van der Waals surface area contributed by atoms with Gasteiger partial charge in [-0.25, -0.2) is 0 Å². The molecular weight excluding hydrogens is 240 g/mol. The fraction of sp³-hybridized carbons (Fsp3) is 0.933. The van der Waals surface area contributed by atoms with Crippen molar-refractivity contribution in [3.63, 3.8) is 0 Å². The topological polar surface area (TPSA) is 64.3 Å². The molecule has 0 aromatic rings. The molecule has 0 spiro atoms. The Labute approximate surface area is 117 Å². The van der Waals surface area contributed by atoms with Gasteiger partial charge in [0.25, 0.3) is 0 Å². The lowest BCUT2D eigenvalue weighted by atomic mass is 9.78. The summed E-state index contributed by atoms with van der Waals surface area (Å²) in [6.07, 6.45) is 5.46. The van der Waals surface area contributed by atoms with E-state index in [1.54, 1.807) is 0 Å². The third kappa shape index (κ3) is 5.91. The van der Waals surface area contributed by atoms with Gasteiger partial charge in [0.15, 0.2) is 0 Å². The minimum atomic E-state index is 0.00987. The average molecular weight is 270 g/mol. The van der Waals surface area contributed by atoms with Crippen molar-refractivity contribution in [1.29, 1.82) is 0 Å². The molecule has 1 amide bonds. The molecular formula is C15H30N2O2. The van der Waals surface area contributed by atoms with Crippen molar-refractivity contribution in [2.24, 2.45) is 17.6 Å². The summed E-state index contributed by atoms with van der Waals surface area (Å²) >= 11 is 0. The Morgan fingerprint density at radius 3 is 2.79 bits per heavy atom. The zero-order valence-electron chi connectivity index (χ0n) is 12.7. The summed E-state index contributed by atoms with van der Waals surface area (Å²) < 4.78 is 5.46. The molecule has 0 saturated heterocycles. The standard InChI is InChI=1S/C15H30N2O2/c1-11(2)19-10-5-4-9-17-15(18)13-8-6-7-12(3)14(13)16/h11-14H,4-10,16H2,1-3H3,(H,17,18). The molecule has 1 fully saturated rings. The highest BCUT2D eigenvalue weighted by atomic mass is 16.5. The number of carbonyl (C=O) groups excluding carboxylic acids is 1. The van der Waals surface area contributed by atoms with E-state index in [1.807, 2.05) is 13.8 Å². The van der Waals surface area contributed by atoms with Crippen LogP contribution in [0.4, 0.5) is 0 Å². The van der Waals surface area contributed by atoms with E-state index in [0.29, 0.717) is 5.92 Å². The first-order valence-electron chi connectivity index (χ1n) is 7.67. The Morgan fingerprint density at radius 2 is 2.11 bits per heavy atom. The lowest BCUT2D eigenvalue weighted by Gasteiger charge is -2.32. The Morgan fingerprint density at radius 1 is 1.37 bits per heavy atom. The van der Waals surface area contributed by atoms with Crippen molar-refractivity contribution >= 4 is 5.91 Å². The summed E-state index contributed by atoms with van der Waals surface area (Å²) in [4.78, 5) is 12.1. The van der Waals surface area contributed by atoms with Crippen LogP contribution in [0.25, 0.3) is 0 Å². The van der Waals surface area contributed by atoms with Gasteiger partial charge in [-0.05, 0) is 45.4 Å². The molecule has 1 rings (SSSR count). The predicted molar refractivity (Wildman–Crippen MR) is 77.8 cm³/mol. The van der Waals surface area contributed by atoms with Gasteiger partial charge < -0.3 is 15.8 Å². The van der Waals surface area contributed by atoms with Crippen molar-refractivity contribution in [2.75, 3.05) is 13.2 Å². The summed E-state index contributed by atoms with van der Waals surface area (Å²) in [5.74, 6) is 0.614. The minimum Gasteiger partial charge on any atom is -0.379 e. The fourth-order valence-electron chi connectivity index (χ4n) is 2.64. The van der Waals surface area contributed by atoms with E-state index >= 15 is 0 Å². The van der Waals surface area contributed by atoms with Crippen LogP contribution in [0.3, 0.4) is 0 Å². The molecule has 0 heterocycles. The first-order valence-corrected chi connectivity index (χ1v) is 7.67. The minimum absolute atomic E-state index is 0.00987. The zero-order valence-corrected chi connectivity index (χ0v) is 12.7. The van der Waals surface area contributed by atoms with Gasteiger partial charge in [-0.2, -0.15) is 0 Å². The first kappa shape index (κ1) is 16.4. The largest absolute Gasteiger partial charge is 0.379 e. The number of nitrogens with two attached hydrogens (primary N) is 1. The van der Waals surface area contributed by atoms with E-state index in [4.69, 9.17) is 10.5 Å².